The molecule has 2 N–H and O–H groups in total. The van der Waals surface area contributed by atoms with Gasteiger partial charge in [-0.2, -0.15) is 0 Å². The number of hydrogen-bond donors (Lipinski definition) is 1. The number of methoxy groups -OCH3 is 1. The van der Waals surface area contributed by atoms with Gasteiger partial charge in [0.1, 0.15) is 11.6 Å². The first-order chi connectivity index (χ1) is 11.6. The molecule has 1 saturated heterocycles. The van der Waals surface area contributed by atoms with E-state index in [-0.39, 0.29) is 11.9 Å². The summed E-state index contributed by atoms with van der Waals surface area (Å²) >= 11 is 0. The minimum atomic E-state index is -0.189. The molecule has 3 rings (SSSR count). The first-order valence-corrected chi connectivity index (χ1v) is 8.73. The van der Waals surface area contributed by atoms with Gasteiger partial charge in [-0.25, -0.2) is 4.39 Å². The highest BCUT2D eigenvalue weighted by atomic mass is 19.1. The Bertz CT molecular complexity index is 563. The monoisotopic (exact) mass is 337 g/mol. The number of fused-ring (bicyclic) bond motifs is 1. The van der Waals surface area contributed by atoms with Crippen molar-refractivity contribution < 1.29 is 13.9 Å². The van der Waals surface area contributed by atoms with E-state index < -0.39 is 0 Å². The molecule has 2 heterocycles. The molecule has 1 aromatic carbocycles. The molecular weight excluding hydrogens is 309 g/mol. The molecule has 6 heteroatoms. The van der Waals surface area contributed by atoms with Crippen LogP contribution in [0.5, 0.6) is 5.75 Å². The lowest BCUT2D eigenvalue weighted by Gasteiger charge is -2.32. The van der Waals surface area contributed by atoms with Crippen LogP contribution in [0, 0.1) is 11.7 Å². The maximum atomic E-state index is 14.4. The number of nitrogens with zero attached hydrogens (tertiary/aromatic N) is 2. The summed E-state index contributed by atoms with van der Waals surface area (Å²) in [6, 6.07) is 3.46. The van der Waals surface area contributed by atoms with Gasteiger partial charge in [0.05, 0.1) is 20.3 Å². The van der Waals surface area contributed by atoms with E-state index in [1.807, 2.05) is 6.07 Å². The van der Waals surface area contributed by atoms with E-state index in [0.29, 0.717) is 24.8 Å². The van der Waals surface area contributed by atoms with Crippen molar-refractivity contribution in [1.82, 2.24) is 9.80 Å². The second kappa shape index (κ2) is 7.78. The predicted molar refractivity (Wildman–Crippen MR) is 91.6 cm³/mol. The molecule has 2 aliphatic rings. The van der Waals surface area contributed by atoms with E-state index in [1.165, 1.54) is 6.07 Å². The Morgan fingerprint density at radius 3 is 2.75 bits per heavy atom. The molecule has 0 amide bonds. The number of ether oxygens (including phenoxy) is 2. The van der Waals surface area contributed by atoms with Gasteiger partial charge in [-0.15, -0.1) is 0 Å². The van der Waals surface area contributed by atoms with E-state index in [1.54, 1.807) is 7.11 Å². The summed E-state index contributed by atoms with van der Waals surface area (Å²) in [6.07, 6.45) is 0. The van der Waals surface area contributed by atoms with Gasteiger partial charge in [-0.05, 0) is 17.5 Å². The molecule has 0 radical (unpaired) electrons. The first-order valence-electron chi connectivity index (χ1n) is 8.73. The number of benzene rings is 1. The standard InChI is InChI=1S/C18H28FN3O2/c1-13(10-21-3-5-24-6-4-21)11-22-12-16-15(18(22)9-20)7-14(23-2)8-17(16)19/h7-8,13,18H,3-6,9-12,20H2,1-2H3. The van der Waals surface area contributed by atoms with E-state index in [9.17, 15) is 4.39 Å². The molecule has 1 aromatic rings. The number of rotatable bonds is 6. The minimum absolute atomic E-state index is 0.0664. The zero-order valence-electron chi connectivity index (χ0n) is 14.6. The molecule has 24 heavy (non-hydrogen) atoms. The van der Waals surface area contributed by atoms with Crippen molar-refractivity contribution in [1.29, 1.82) is 0 Å². The maximum absolute atomic E-state index is 14.4. The fourth-order valence-corrected chi connectivity index (χ4v) is 3.87. The van der Waals surface area contributed by atoms with Crippen LogP contribution in [0.15, 0.2) is 12.1 Å². The highest BCUT2D eigenvalue weighted by Crippen LogP contribution is 2.37. The highest BCUT2D eigenvalue weighted by molar-refractivity contribution is 5.42. The fraction of sp³-hybridized carbons (Fsp3) is 0.667. The average Bonchev–Trinajstić information content (AvgIpc) is 2.93. The number of halogens is 1. The van der Waals surface area contributed by atoms with Crippen molar-refractivity contribution >= 4 is 0 Å². The Morgan fingerprint density at radius 2 is 2.08 bits per heavy atom. The highest BCUT2D eigenvalue weighted by Gasteiger charge is 2.33. The van der Waals surface area contributed by atoms with Gasteiger partial charge in [0.15, 0.2) is 0 Å². The zero-order chi connectivity index (χ0) is 17.1. The van der Waals surface area contributed by atoms with Gasteiger partial charge in [-0.3, -0.25) is 9.80 Å². The Hall–Kier alpha value is -1.21. The summed E-state index contributed by atoms with van der Waals surface area (Å²) in [6.45, 7) is 8.95. The van der Waals surface area contributed by atoms with Crippen LogP contribution in [0.1, 0.15) is 24.1 Å². The van der Waals surface area contributed by atoms with Crippen LogP contribution in [-0.4, -0.2) is 62.8 Å². The van der Waals surface area contributed by atoms with Crippen molar-refractivity contribution in [3.63, 3.8) is 0 Å². The number of nitrogens with two attached hydrogens (primary N) is 1. The smallest absolute Gasteiger partial charge is 0.131 e. The molecule has 5 nitrogen and oxygen atoms in total. The van der Waals surface area contributed by atoms with Gasteiger partial charge >= 0.3 is 0 Å². The third-order valence-corrected chi connectivity index (χ3v) is 5.04. The van der Waals surface area contributed by atoms with Crippen LogP contribution in [-0.2, 0) is 11.3 Å². The molecule has 0 aliphatic carbocycles. The van der Waals surface area contributed by atoms with Crippen LogP contribution >= 0.6 is 0 Å². The van der Waals surface area contributed by atoms with Crippen molar-refractivity contribution in [2.45, 2.75) is 19.5 Å². The van der Waals surface area contributed by atoms with Crippen LogP contribution in [0.3, 0.4) is 0 Å². The molecule has 0 bridgehead atoms. The van der Waals surface area contributed by atoms with E-state index in [4.69, 9.17) is 15.2 Å². The van der Waals surface area contributed by atoms with Crippen LogP contribution in [0.25, 0.3) is 0 Å². The molecule has 2 atom stereocenters. The third-order valence-electron chi connectivity index (χ3n) is 5.04. The predicted octanol–water partition coefficient (Wildman–Crippen LogP) is 1.62. The summed E-state index contributed by atoms with van der Waals surface area (Å²) in [5.74, 6) is 0.871. The van der Waals surface area contributed by atoms with Crippen LogP contribution in [0.4, 0.5) is 4.39 Å². The van der Waals surface area contributed by atoms with Crippen LogP contribution < -0.4 is 10.5 Å². The summed E-state index contributed by atoms with van der Waals surface area (Å²) in [4.78, 5) is 4.75. The van der Waals surface area contributed by atoms with Gasteiger partial charge in [0.25, 0.3) is 0 Å². The lowest BCUT2D eigenvalue weighted by Crippen LogP contribution is -2.41. The second-order valence-electron chi connectivity index (χ2n) is 6.88. The van der Waals surface area contributed by atoms with Gasteiger partial charge in [0.2, 0.25) is 0 Å². The van der Waals surface area contributed by atoms with E-state index in [2.05, 4.69) is 16.7 Å². The summed E-state index contributed by atoms with van der Waals surface area (Å²) < 4.78 is 25.0. The topological polar surface area (TPSA) is 51.0 Å². The Balaban J connectivity index is 1.67. The third kappa shape index (κ3) is 3.72. The maximum Gasteiger partial charge on any atom is 0.131 e. The number of hydrogen-bond acceptors (Lipinski definition) is 5. The minimum Gasteiger partial charge on any atom is -0.497 e. The summed E-state index contributed by atoms with van der Waals surface area (Å²) in [5, 5.41) is 0. The summed E-state index contributed by atoms with van der Waals surface area (Å²) in [5.41, 5.74) is 7.76. The van der Waals surface area contributed by atoms with E-state index >= 15 is 0 Å². The molecule has 2 unspecified atom stereocenters. The lowest BCUT2D eigenvalue weighted by molar-refractivity contribution is 0.0279. The van der Waals surface area contributed by atoms with Crippen molar-refractivity contribution in [2.75, 3.05) is 53.0 Å². The largest absolute Gasteiger partial charge is 0.497 e. The van der Waals surface area contributed by atoms with Crippen molar-refractivity contribution in [2.24, 2.45) is 11.7 Å². The SMILES string of the molecule is COc1cc(F)c2c(c1)C(CN)N(CC(C)CN1CCOCC1)C2. The van der Waals surface area contributed by atoms with Crippen LogP contribution in [0.2, 0.25) is 0 Å². The molecule has 2 aliphatic heterocycles. The van der Waals surface area contributed by atoms with Crippen molar-refractivity contribution in [3.8, 4) is 5.75 Å². The lowest BCUT2D eigenvalue weighted by atomic mass is 10.0. The second-order valence-corrected chi connectivity index (χ2v) is 6.88. The molecular formula is C18H28FN3O2. The fourth-order valence-electron chi connectivity index (χ4n) is 3.87. The normalized spacial score (nSPS) is 23.2. The Morgan fingerprint density at radius 1 is 1.33 bits per heavy atom. The molecule has 0 saturated carbocycles. The zero-order valence-corrected chi connectivity index (χ0v) is 14.6. The molecule has 1 fully saturated rings. The van der Waals surface area contributed by atoms with Gasteiger partial charge in [0, 0.05) is 56.9 Å². The first kappa shape index (κ1) is 17.6. The number of morpholine rings is 1. The molecule has 0 spiro atoms. The summed E-state index contributed by atoms with van der Waals surface area (Å²) in [7, 11) is 1.57. The van der Waals surface area contributed by atoms with Crippen molar-refractivity contribution in [3.05, 3.63) is 29.1 Å². The van der Waals surface area contributed by atoms with E-state index in [0.717, 1.165) is 50.5 Å². The quantitative estimate of drug-likeness (QED) is 0.855. The van der Waals surface area contributed by atoms with Gasteiger partial charge < -0.3 is 15.2 Å². The Kier molecular flexibility index (Phi) is 5.71. The van der Waals surface area contributed by atoms with Gasteiger partial charge in [-0.1, -0.05) is 6.92 Å². The molecule has 0 aromatic heterocycles. The molecule has 134 valence electrons. The Labute approximate surface area is 143 Å². The average molecular weight is 337 g/mol.